The fraction of sp³-hybridized carbons (Fsp3) is 0.452. The fourth-order valence-electron chi connectivity index (χ4n) is 8.91. The number of benzene rings is 3. The number of ether oxygens (including phenoxy) is 16. The van der Waals surface area contributed by atoms with E-state index < -0.39 is 141 Å². The molecule has 2 aliphatic heterocycles. The van der Waals surface area contributed by atoms with E-state index in [-0.39, 0.29) is 50.9 Å². The third kappa shape index (κ3) is 20.0. The molecule has 28 heteroatoms. The molecule has 0 bridgehead atoms. The van der Waals surface area contributed by atoms with Crippen LogP contribution in [0.25, 0.3) is 0 Å². The molecule has 2 heterocycles. The fourth-order valence-corrected chi connectivity index (χ4v) is 8.91. The van der Waals surface area contributed by atoms with Crippen LogP contribution in [0.5, 0.6) is 23.0 Å². The molecule has 0 unspecified atom stereocenters. The maximum Gasteiger partial charge on any atom is 0.303 e. The molecule has 5 rings (SSSR count). The van der Waals surface area contributed by atoms with E-state index in [0.717, 1.165) is 55.4 Å². The molecule has 2 fully saturated rings. The summed E-state index contributed by atoms with van der Waals surface area (Å²) in [5, 5.41) is 12.7. The van der Waals surface area contributed by atoms with Crippen LogP contribution in [0.15, 0.2) is 36.4 Å². The number of carbonyl (C=O) groups is 8. The van der Waals surface area contributed by atoms with E-state index in [9.17, 15) is 48.5 Å². The van der Waals surface area contributed by atoms with Crippen LogP contribution in [-0.4, -0.2) is 183 Å². The van der Waals surface area contributed by atoms with E-state index in [1.165, 1.54) is 58.8 Å². The average Bonchev–Trinajstić information content (AvgIpc) is 0.910. The van der Waals surface area contributed by atoms with Gasteiger partial charge in [0.1, 0.15) is 67.2 Å². The van der Waals surface area contributed by atoms with Crippen LogP contribution in [0.3, 0.4) is 0 Å². The van der Waals surface area contributed by atoms with Gasteiger partial charge in [-0.1, -0.05) is 47.4 Å². The first-order valence-corrected chi connectivity index (χ1v) is 27.1. The summed E-state index contributed by atoms with van der Waals surface area (Å²) in [7, 11) is 8.95. The number of nitro groups is 1. The number of nitrogens with zero attached hydrogens (tertiary/aromatic N) is 2. The number of carbonyl (C=O) groups excluding carboxylic acids is 8. The molecule has 0 saturated carbocycles. The molecule has 3 aromatic rings. The van der Waals surface area contributed by atoms with Gasteiger partial charge in [-0.3, -0.25) is 48.5 Å². The SMILES string of the molecule is COc1cc(C#Cc2cc([N+](=O)[O-])c(C#Cc3cc(OC)c(C#CCO[C@@H]4O[C@H](COC(C)=O)[C@@H](OC(C)=O)[C@H](OC(C)=O)[C@H]4OC(C)=O)cc3OC)cc2N(C)C)c(OC)cc1C#CCO[C@@H]1O[C@H](COC(C)=O)[C@@H](OC(C)=O)[C@H](OC(C)=O)[C@H]1OC(C)=O. The van der Waals surface area contributed by atoms with Crippen molar-refractivity contribution in [3.8, 4) is 70.4 Å². The summed E-state index contributed by atoms with van der Waals surface area (Å²) in [6, 6.07) is 8.88. The minimum Gasteiger partial charge on any atom is -0.495 e. The highest BCUT2D eigenvalue weighted by atomic mass is 16.7. The maximum atomic E-state index is 12.7. The van der Waals surface area contributed by atoms with Crippen molar-refractivity contribution < 1.29 is 119 Å². The van der Waals surface area contributed by atoms with Crippen molar-refractivity contribution >= 4 is 59.1 Å². The molecule has 0 aromatic heterocycles. The average molecular weight is 1260 g/mol. The van der Waals surface area contributed by atoms with Gasteiger partial charge in [-0.15, -0.1) is 0 Å². The zero-order valence-corrected chi connectivity index (χ0v) is 51.6. The number of methoxy groups -OCH3 is 4. The predicted octanol–water partition coefficient (Wildman–Crippen LogP) is 3.40. The highest BCUT2D eigenvalue weighted by molar-refractivity contribution is 5.73. The summed E-state index contributed by atoms with van der Waals surface area (Å²) in [6.45, 7) is 7.11. The van der Waals surface area contributed by atoms with E-state index >= 15 is 0 Å². The Hall–Kier alpha value is -10.1. The minimum absolute atomic E-state index is 0.0128. The van der Waals surface area contributed by atoms with Crippen molar-refractivity contribution in [2.24, 2.45) is 0 Å². The first-order chi connectivity index (χ1) is 42.7. The summed E-state index contributed by atoms with van der Waals surface area (Å²) < 4.78 is 89.2. The van der Waals surface area contributed by atoms with E-state index in [1.807, 2.05) is 0 Å². The Bertz CT molecular complexity index is 3480. The van der Waals surface area contributed by atoms with Crippen LogP contribution in [0.1, 0.15) is 88.8 Å². The van der Waals surface area contributed by atoms with Crippen LogP contribution in [-0.2, 0) is 95.2 Å². The maximum absolute atomic E-state index is 12.7. The second-order valence-corrected chi connectivity index (χ2v) is 19.4. The molecule has 0 spiro atoms. The minimum atomic E-state index is -1.49. The first-order valence-electron chi connectivity index (χ1n) is 27.1. The Morgan fingerprint density at radius 3 is 1.06 bits per heavy atom. The Morgan fingerprint density at radius 2 is 0.744 bits per heavy atom. The van der Waals surface area contributed by atoms with Gasteiger partial charge < -0.3 is 80.7 Å². The first kappa shape index (κ1) is 70.7. The van der Waals surface area contributed by atoms with E-state index in [2.05, 4.69) is 47.4 Å². The third-order valence-corrected chi connectivity index (χ3v) is 12.5. The van der Waals surface area contributed by atoms with Crippen LogP contribution < -0.4 is 23.8 Å². The van der Waals surface area contributed by atoms with Crippen LogP contribution in [0.4, 0.5) is 11.4 Å². The Morgan fingerprint density at radius 1 is 0.433 bits per heavy atom. The predicted molar refractivity (Wildman–Crippen MR) is 308 cm³/mol. The van der Waals surface area contributed by atoms with E-state index in [4.69, 9.17) is 75.8 Å². The second kappa shape index (κ2) is 33.3. The summed E-state index contributed by atoms with van der Waals surface area (Å²) in [5.74, 6) is 17.9. The molecule has 0 N–H and O–H groups in total. The molecular weight excluding hydrogens is 1190 g/mol. The highest BCUT2D eigenvalue weighted by Crippen LogP contribution is 2.35. The number of hydrogen-bond acceptors (Lipinski definition) is 27. The smallest absolute Gasteiger partial charge is 0.303 e. The number of hydrogen-bond donors (Lipinski definition) is 0. The van der Waals surface area contributed by atoms with Gasteiger partial charge in [-0.25, -0.2) is 0 Å². The Kier molecular flexibility index (Phi) is 26.1. The van der Waals surface area contributed by atoms with Crippen molar-refractivity contribution in [3.05, 3.63) is 79.9 Å². The van der Waals surface area contributed by atoms with E-state index in [0.29, 0.717) is 16.8 Å². The van der Waals surface area contributed by atoms with Gasteiger partial charge in [0.15, 0.2) is 49.2 Å². The molecule has 90 heavy (non-hydrogen) atoms. The van der Waals surface area contributed by atoms with Crippen molar-refractivity contribution in [2.45, 2.75) is 117 Å². The van der Waals surface area contributed by atoms with Gasteiger partial charge in [-0.05, 0) is 6.07 Å². The lowest BCUT2D eigenvalue weighted by Gasteiger charge is -2.43. The topological polar surface area (TPSA) is 331 Å². The monoisotopic (exact) mass is 1250 g/mol. The van der Waals surface area contributed by atoms with Crippen LogP contribution >= 0.6 is 0 Å². The molecule has 0 aliphatic carbocycles. The normalized spacial score (nSPS) is 20.4. The van der Waals surface area contributed by atoms with E-state index in [1.54, 1.807) is 25.1 Å². The molecule has 28 nitrogen and oxygen atoms in total. The summed E-state index contributed by atoms with van der Waals surface area (Å²) in [4.78, 5) is 111. The second-order valence-electron chi connectivity index (χ2n) is 19.4. The number of nitro benzene ring substituents is 1. The van der Waals surface area contributed by atoms with Crippen molar-refractivity contribution in [2.75, 3.05) is 73.9 Å². The lowest BCUT2D eigenvalue weighted by molar-refractivity contribution is -0.385. The molecular formula is C62H66N2O26. The zero-order chi connectivity index (χ0) is 66.5. The largest absolute Gasteiger partial charge is 0.495 e. The van der Waals surface area contributed by atoms with Gasteiger partial charge in [0.25, 0.3) is 5.69 Å². The van der Waals surface area contributed by atoms with Gasteiger partial charge >= 0.3 is 47.8 Å². The molecule has 0 amide bonds. The molecule has 3 aromatic carbocycles. The number of anilines is 1. The van der Waals surface area contributed by atoms with Gasteiger partial charge in [0, 0.05) is 99.8 Å². The van der Waals surface area contributed by atoms with Gasteiger partial charge in [-0.2, -0.15) is 0 Å². The van der Waals surface area contributed by atoms with Gasteiger partial charge in [0.05, 0.1) is 66.9 Å². The summed E-state index contributed by atoms with van der Waals surface area (Å²) in [6.07, 6.45) is -14.1. The molecule has 480 valence electrons. The third-order valence-electron chi connectivity index (χ3n) is 12.5. The van der Waals surface area contributed by atoms with Crippen molar-refractivity contribution in [1.82, 2.24) is 0 Å². The molecule has 2 saturated heterocycles. The summed E-state index contributed by atoms with van der Waals surface area (Å²) >= 11 is 0. The Balaban J connectivity index is 1.42. The van der Waals surface area contributed by atoms with Crippen molar-refractivity contribution in [1.29, 1.82) is 0 Å². The van der Waals surface area contributed by atoms with Gasteiger partial charge in [0.2, 0.25) is 0 Å². The lowest BCUT2D eigenvalue weighted by Crippen LogP contribution is -2.63. The molecule has 0 radical (unpaired) electrons. The molecule has 10 atom stereocenters. The summed E-state index contributed by atoms with van der Waals surface area (Å²) in [5.41, 5.74) is 1.44. The number of rotatable bonds is 20. The van der Waals surface area contributed by atoms with Crippen LogP contribution in [0.2, 0.25) is 0 Å². The quantitative estimate of drug-likeness (QED) is 0.0514. The highest BCUT2D eigenvalue weighted by Gasteiger charge is 2.54. The number of esters is 8. The molecule has 2 aliphatic rings. The lowest BCUT2D eigenvalue weighted by atomic mass is 9.98. The Labute approximate surface area is 517 Å². The van der Waals surface area contributed by atoms with Crippen LogP contribution in [0, 0.1) is 57.5 Å². The van der Waals surface area contributed by atoms with Crippen molar-refractivity contribution in [3.63, 3.8) is 0 Å². The standard InChI is InChI=1S/C62H66N2O26/c1-33(65)81-31-53-55(83-35(3)67)57(85-37(5)69)59(87-39(7)71)61(89-53)79-23-15-17-43-27-51(77-13)45(29-49(43)75-11)21-19-41-26-48(64(73)74)42(25-47(41)63(9)10)20-22-46-30-50(76-12)44(28-52(46)78-14)18-16-24-80-62-60(88-40(8)72)58(86-38(6)70)56(84-36(4)68)54(90-62)32-82-34(2)66/h25-30,53-62H,23-24,31-32H2,1-14H3/t53-,54-,55-,56-,57+,58+,59-,60-,61-,62-/m1/s1. The zero-order valence-electron chi connectivity index (χ0n) is 51.6.